The van der Waals surface area contributed by atoms with Gasteiger partial charge in [0.25, 0.3) is 0 Å². The molecule has 0 saturated heterocycles. The highest BCUT2D eigenvalue weighted by atomic mass is 35.5. The van der Waals surface area contributed by atoms with Gasteiger partial charge < -0.3 is 9.67 Å². The van der Waals surface area contributed by atoms with Crippen molar-refractivity contribution in [3.8, 4) is 17.4 Å². The Morgan fingerprint density at radius 3 is 2.36 bits per heavy atom. The van der Waals surface area contributed by atoms with Crippen LogP contribution in [0.3, 0.4) is 0 Å². The largest absolute Gasteiger partial charge is 0.858 e. The molecule has 150 valence electrons. The molecule has 0 amide bonds. The molecule has 2 aliphatic rings. The lowest BCUT2D eigenvalue weighted by Crippen LogP contribution is -2.35. The first-order valence-electron chi connectivity index (χ1n) is 9.20. The number of imidazole rings is 1. The van der Waals surface area contributed by atoms with Crippen molar-refractivity contribution >= 4 is 34.8 Å². The molecule has 1 aromatic carbocycles. The summed E-state index contributed by atoms with van der Waals surface area (Å²) in [6, 6.07) is 5.31. The van der Waals surface area contributed by atoms with Gasteiger partial charge in [0.1, 0.15) is 5.69 Å². The first kappa shape index (κ1) is 21.0. The summed E-state index contributed by atoms with van der Waals surface area (Å²) in [4.78, 5) is 21.0. The second-order valence-electron chi connectivity index (χ2n) is 6.57. The summed E-state index contributed by atoms with van der Waals surface area (Å²) in [6.45, 7) is 2.78. The van der Waals surface area contributed by atoms with E-state index in [9.17, 15) is 9.90 Å². The van der Waals surface area contributed by atoms with E-state index in [0.29, 0.717) is 29.4 Å². The van der Waals surface area contributed by atoms with Gasteiger partial charge in [-0.1, -0.05) is 49.0 Å². The van der Waals surface area contributed by atoms with Crippen LogP contribution >= 0.6 is 34.8 Å². The molecule has 2 aliphatic heterocycles. The molecule has 1 aromatic rings. The Balaban J connectivity index is 1.90. The number of nitrogens with zero attached hydrogens (tertiary/aromatic N) is 4. The smallest absolute Gasteiger partial charge is 0.329 e. The SMILES string of the molecule is CCCCCn1c2nc(Cl)nc-2c([O-])n(CCCc2c(Cl)cccc2Cl)c1=O. The third-order valence-electron chi connectivity index (χ3n) is 4.63. The van der Waals surface area contributed by atoms with E-state index < -0.39 is 11.6 Å². The average molecular weight is 443 g/mol. The third kappa shape index (κ3) is 4.29. The van der Waals surface area contributed by atoms with Gasteiger partial charge in [-0.15, -0.1) is 0 Å². The summed E-state index contributed by atoms with van der Waals surface area (Å²) in [5.41, 5.74) is 0.534. The maximum absolute atomic E-state index is 12.9. The number of hydrogen-bond acceptors (Lipinski definition) is 4. The third-order valence-corrected chi connectivity index (χ3v) is 5.51. The minimum Gasteiger partial charge on any atom is -0.858 e. The second-order valence-corrected chi connectivity index (χ2v) is 7.72. The molecular weight excluding hydrogens is 423 g/mol. The van der Waals surface area contributed by atoms with Gasteiger partial charge in [0.15, 0.2) is 5.82 Å². The maximum atomic E-state index is 12.9. The zero-order chi connectivity index (χ0) is 20.3. The first-order chi connectivity index (χ1) is 13.4. The van der Waals surface area contributed by atoms with Gasteiger partial charge in [-0.25, -0.2) is 9.78 Å². The number of unbranched alkanes of at least 4 members (excludes halogenated alkanes) is 2. The predicted molar refractivity (Wildman–Crippen MR) is 110 cm³/mol. The van der Waals surface area contributed by atoms with Gasteiger partial charge >= 0.3 is 5.69 Å². The van der Waals surface area contributed by atoms with Crippen molar-refractivity contribution in [2.75, 3.05) is 0 Å². The van der Waals surface area contributed by atoms with Crippen LogP contribution < -0.4 is 10.8 Å². The van der Waals surface area contributed by atoms with E-state index in [2.05, 4.69) is 16.9 Å². The molecule has 0 radical (unpaired) electrons. The zero-order valence-corrected chi connectivity index (χ0v) is 17.7. The number of fused-ring (bicyclic) bond motifs is 1. The van der Waals surface area contributed by atoms with Gasteiger partial charge in [0.2, 0.25) is 5.28 Å². The summed E-state index contributed by atoms with van der Waals surface area (Å²) >= 11 is 18.3. The van der Waals surface area contributed by atoms with Gasteiger partial charge in [-0.2, -0.15) is 4.98 Å². The fourth-order valence-electron chi connectivity index (χ4n) is 3.19. The van der Waals surface area contributed by atoms with Gasteiger partial charge in [0, 0.05) is 23.1 Å². The number of rotatable bonds is 8. The predicted octanol–water partition coefficient (Wildman–Crippen LogP) is 4.40. The number of aromatic nitrogens is 4. The maximum Gasteiger partial charge on any atom is 0.329 e. The Morgan fingerprint density at radius 2 is 1.68 bits per heavy atom. The van der Waals surface area contributed by atoms with E-state index in [1.54, 1.807) is 18.2 Å². The highest BCUT2D eigenvalue weighted by molar-refractivity contribution is 6.36. The lowest BCUT2D eigenvalue weighted by molar-refractivity contribution is -0.279. The van der Waals surface area contributed by atoms with Gasteiger partial charge in [-0.05, 0) is 54.4 Å². The van der Waals surface area contributed by atoms with Crippen LogP contribution in [0.25, 0.3) is 11.5 Å². The van der Waals surface area contributed by atoms with E-state index in [4.69, 9.17) is 34.8 Å². The number of halogens is 3. The lowest BCUT2D eigenvalue weighted by Gasteiger charge is -2.22. The van der Waals surface area contributed by atoms with Crippen LogP contribution in [0, 0.1) is 0 Å². The normalized spacial score (nSPS) is 11.4. The van der Waals surface area contributed by atoms with Crippen LogP contribution in [0.5, 0.6) is 5.88 Å². The van der Waals surface area contributed by atoms with E-state index in [0.717, 1.165) is 24.8 Å². The molecule has 3 rings (SSSR count). The Kier molecular flexibility index (Phi) is 6.86. The van der Waals surface area contributed by atoms with Crippen LogP contribution in [0.4, 0.5) is 0 Å². The van der Waals surface area contributed by atoms with Crippen molar-refractivity contribution < 1.29 is 5.11 Å². The lowest BCUT2D eigenvalue weighted by atomic mass is 10.1. The van der Waals surface area contributed by atoms with Crippen LogP contribution in [0.1, 0.15) is 38.2 Å². The summed E-state index contributed by atoms with van der Waals surface area (Å²) < 4.78 is 2.69. The molecule has 0 N–H and O–H groups in total. The summed E-state index contributed by atoms with van der Waals surface area (Å²) in [5.74, 6) is -0.224. The monoisotopic (exact) mass is 441 g/mol. The molecular formula is C19H20Cl3N4O2-. The average Bonchev–Trinajstić information content (AvgIpc) is 3.04. The fourth-order valence-corrected chi connectivity index (χ4v) is 3.95. The summed E-state index contributed by atoms with van der Waals surface area (Å²) in [7, 11) is 0. The molecule has 6 nitrogen and oxygen atoms in total. The van der Waals surface area contributed by atoms with Crippen LogP contribution in [-0.2, 0) is 19.5 Å². The molecule has 0 atom stereocenters. The van der Waals surface area contributed by atoms with Gasteiger partial charge in [0.05, 0.1) is 0 Å². The van der Waals surface area contributed by atoms with E-state index in [1.807, 2.05) is 0 Å². The molecule has 0 unspecified atom stereocenters. The molecule has 0 spiro atoms. The Labute approximate surface area is 178 Å². The van der Waals surface area contributed by atoms with Crippen LogP contribution in [0.2, 0.25) is 15.3 Å². The zero-order valence-electron chi connectivity index (χ0n) is 15.4. The van der Waals surface area contributed by atoms with Crippen LogP contribution in [0.15, 0.2) is 23.0 Å². The van der Waals surface area contributed by atoms with E-state index in [-0.39, 0.29) is 23.3 Å². The molecule has 0 aromatic heterocycles. The second kappa shape index (κ2) is 9.16. The van der Waals surface area contributed by atoms with E-state index in [1.165, 1.54) is 9.13 Å². The van der Waals surface area contributed by atoms with Crippen molar-refractivity contribution in [3.63, 3.8) is 0 Å². The Hall–Kier alpha value is -1.76. The Morgan fingerprint density at radius 1 is 1.00 bits per heavy atom. The first-order valence-corrected chi connectivity index (χ1v) is 10.3. The molecule has 0 aliphatic carbocycles. The summed E-state index contributed by atoms with van der Waals surface area (Å²) in [6.07, 6.45) is 3.87. The fraction of sp³-hybridized carbons (Fsp3) is 0.421. The van der Waals surface area contributed by atoms with Crippen LogP contribution in [-0.4, -0.2) is 19.1 Å². The van der Waals surface area contributed by atoms with Crippen molar-refractivity contribution in [3.05, 3.63) is 49.6 Å². The molecule has 0 fully saturated rings. The number of benzene rings is 1. The quantitative estimate of drug-likeness (QED) is 0.383. The van der Waals surface area contributed by atoms with Crippen molar-refractivity contribution in [2.24, 2.45) is 0 Å². The highest BCUT2D eigenvalue weighted by Gasteiger charge is 2.20. The molecule has 28 heavy (non-hydrogen) atoms. The number of hydrogen-bond donors (Lipinski definition) is 0. The van der Waals surface area contributed by atoms with Crippen molar-refractivity contribution in [2.45, 2.75) is 52.1 Å². The van der Waals surface area contributed by atoms with Gasteiger partial charge in [-0.3, -0.25) is 4.57 Å². The van der Waals surface area contributed by atoms with Crippen molar-refractivity contribution in [1.82, 2.24) is 19.1 Å². The molecule has 0 saturated carbocycles. The highest BCUT2D eigenvalue weighted by Crippen LogP contribution is 2.28. The van der Waals surface area contributed by atoms with Crippen molar-refractivity contribution in [1.29, 1.82) is 0 Å². The minimum atomic E-state index is -0.476. The summed E-state index contributed by atoms with van der Waals surface area (Å²) in [5, 5.41) is 13.9. The molecule has 9 heteroatoms. The molecule has 0 bridgehead atoms. The topological polar surface area (TPSA) is 75.8 Å². The standard InChI is InChI=1S/C19H21Cl3N4O2/c1-2-3-4-10-25-16-15(23-18(22)24-16)17(27)26(19(25)28)11-6-7-12-13(20)8-5-9-14(12)21/h5,8-9,27H,2-4,6-7,10-11H2,1H3/p-1. The van der Waals surface area contributed by atoms with E-state index >= 15 is 0 Å². The minimum absolute atomic E-state index is 0.0312. The molecule has 2 heterocycles. The Bertz CT molecular complexity index is 979.